The lowest BCUT2D eigenvalue weighted by molar-refractivity contribution is -0.143. The highest BCUT2D eigenvalue weighted by Gasteiger charge is 2.11. The van der Waals surface area contributed by atoms with Crippen molar-refractivity contribution < 1.29 is 14.3 Å². The van der Waals surface area contributed by atoms with E-state index in [1.165, 1.54) is 0 Å². The van der Waals surface area contributed by atoms with Gasteiger partial charge in [0.1, 0.15) is 6.54 Å². The average Bonchev–Trinajstić information content (AvgIpc) is 3.11. The van der Waals surface area contributed by atoms with E-state index >= 15 is 0 Å². The van der Waals surface area contributed by atoms with Gasteiger partial charge in [0.2, 0.25) is 0 Å². The summed E-state index contributed by atoms with van der Waals surface area (Å²) < 4.78 is 6.87. The summed E-state index contributed by atoms with van der Waals surface area (Å²) in [6.45, 7) is 2.24. The summed E-state index contributed by atoms with van der Waals surface area (Å²) in [6, 6.07) is 21.0. The number of aromatic nitrogens is 1. The lowest BCUT2D eigenvalue weighted by Crippen LogP contribution is -2.17. The zero-order valence-corrected chi connectivity index (χ0v) is 16.5. The second kappa shape index (κ2) is 8.61. The third-order valence-corrected chi connectivity index (χ3v) is 4.83. The van der Waals surface area contributed by atoms with Gasteiger partial charge in [-0.25, -0.2) is 5.43 Å². The van der Waals surface area contributed by atoms with Crippen LogP contribution >= 0.6 is 0 Å². The van der Waals surface area contributed by atoms with Crippen LogP contribution in [0.2, 0.25) is 0 Å². The standard InChI is InChI=1S/C24H21N3O3/c1-2-30-23(28)16-27-15-18(20-11-5-6-13-22(20)27)14-25-26-24(29)21-12-7-9-17-8-3-4-10-19(17)21/h3-15H,2,16H2,1H3,(H,26,29)/b25-14-. The molecule has 1 N–H and O–H groups in total. The Bertz CT molecular complexity index is 1250. The molecular formula is C24H21N3O3. The highest BCUT2D eigenvalue weighted by molar-refractivity contribution is 6.07. The fraction of sp³-hybridized carbons (Fsp3) is 0.125. The van der Waals surface area contributed by atoms with E-state index in [4.69, 9.17) is 4.74 Å². The first-order chi connectivity index (χ1) is 14.7. The first-order valence-electron chi connectivity index (χ1n) is 9.72. The molecule has 6 heteroatoms. The van der Waals surface area contributed by atoms with Crippen LogP contribution in [0.5, 0.6) is 0 Å². The molecule has 0 spiro atoms. The number of nitrogens with zero attached hydrogens (tertiary/aromatic N) is 2. The molecule has 30 heavy (non-hydrogen) atoms. The molecule has 0 fully saturated rings. The molecule has 0 radical (unpaired) electrons. The summed E-state index contributed by atoms with van der Waals surface area (Å²) in [4.78, 5) is 24.5. The number of hydrogen-bond acceptors (Lipinski definition) is 4. The number of hydrazone groups is 1. The van der Waals surface area contributed by atoms with E-state index in [0.29, 0.717) is 12.2 Å². The molecule has 4 aromatic rings. The number of rotatable bonds is 6. The molecule has 150 valence electrons. The first kappa shape index (κ1) is 19.4. The minimum atomic E-state index is -0.300. The van der Waals surface area contributed by atoms with Crippen molar-refractivity contribution in [2.24, 2.45) is 5.10 Å². The smallest absolute Gasteiger partial charge is 0.325 e. The Kier molecular flexibility index (Phi) is 5.57. The van der Waals surface area contributed by atoms with Crippen LogP contribution in [0, 0.1) is 0 Å². The normalized spacial score (nSPS) is 11.2. The quantitative estimate of drug-likeness (QED) is 0.301. The van der Waals surface area contributed by atoms with Crippen molar-refractivity contribution in [1.29, 1.82) is 0 Å². The molecule has 0 aliphatic heterocycles. The summed E-state index contributed by atoms with van der Waals surface area (Å²) in [5, 5.41) is 6.96. The Morgan fingerprint density at radius 3 is 2.57 bits per heavy atom. The van der Waals surface area contributed by atoms with Crippen molar-refractivity contribution in [2.75, 3.05) is 6.61 Å². The van der Waals surface area contributed by atoms with E-state index < -0.39 is 0 Å². The largest absolute Gasteiger partial charge is 0.465 e. The summed E-state index contributed by atoms with van der Waals surface area (Å²) in [5.41, 5.74) is 4.86. The number of para-hydroxylation sites is 1. The monoisotopic (exact) mass is 399 g/mol. The molecule has 1 amide bonds. The summed E-state index contributed by atoms with van der Waals surface area (Å²) >= 11 is 0. The van der Waals surface area contributed by atoms with E-state index in [0.717, 1.165) is 27.2 Å². The number of amides is 1. The van der Waals surface area contributed by atoms with E-state index in [1.807, 2.05) is 71.4 Å². The van der Waals surface area contributed by atoms with Gasteiger partial charge in [0.25, 0.3) is 5.91 Å². The Morgan fingerprint density at radius 2 is 1.73 bits per heavy atom. The number of ether oxygens (including phenoxy) is 1. The van der Waals surface area contributed by atoms with Gasteiger partial charge < -0.3 is 9.30 Å². The van der Waals surface area contributed by atoms with Crippen LogP contribution in [0.3, 0.4) is 0 Å². The molecule has 3 aromatic carbocycles. The van der Waals surface area contributed by atoms with Crippen LogP contribution in [0.4, 0.5) is 0 Å². The van der Waals surface area contributed by atoms with Crippen LogP contribution in [0.1, 0.15) is 22.8 Å². The van der Waals surface area contributed by atoms with Crippen LogP contribution in [0.25, 0.3) is 21.7 Å². The molecule has 0 unspecified atom stereocenters. The van der Waals surface area contributed by atoms with Gasteiger partial charge in [-0.15, -0.1) is 0 Å². The van der Waals surface area contributed by atoms with Crippen molar-refractivity contribution in [1.82, 2.24) is 9.99 Å². The minimum absolute atomic E-state index is 0.116. The second-order valence-corrected chi connectivity index (χ2v) is 6.76. The van der Waals surface area contributed by atoms with E-state index in [1.54, 1.807) is 19.2 Å². The van der Waals surface area contributed by atoms with Crippen LogP contribution in [0.15, 0.2) is 78.0 Å². The van der Waals surface area contributed by atoms with Crippen molar-refractivity contribution in [3.63, 3.8) is 0 Å². The van der Waals surface area contributed by atoms with E-state index in [-0.39, 0.29) is 18.4 Å². The van der Waals surface area contributed by atoms with Crippen LogP contribution in [-0.4, -0.2) is 29.3 Å². The molecule has 1 heterocycles. The molecule has 0 saturated heterocycles. The number of carbonyl (C=O) groups is 2. The zero-order chi connectivity index (χ0) is 20.9. The maximum absolute atomic E-state index is 12.6. The second-order valence-electron chi connectivity index (χ2n) is 6.76. The van der Waals surface area contributed by atoms with Gasteiger partial charge >= 0.3 is 5.97 Å². The Balaban J connectivity index is 1.57. The van der Waals surface area contributed by atoms with Crippen molar-refractivity contribution in [2.45, 2.75) is 13.5 Å². The van der Waals surface area contributed by atoms with Gasteiger partial charge in [0.15, 0.2) is 0 Å². The van der Waals surface area contributed by atoms with E-state index in [2.05, 4.69) is 10.5 Å². The number of carbonyl (C=O) groups excluding carboxylic acids is 2. The van der Waals surface area contributed by atoms with Gasteiger partial charge in [-0.2, -0.15) is 5.10 Å². The number of benzene rings is 3. The van der Waals surface area contributed by atoms with Crippen molar-refractivity contribution in [3.05, 3.63) is 84.1 Å². The first-order valence-corrected chi connectivity index (χ1v) is 9.72. The SMILES string of the molecule is CCOC(=O)Cn1cc(/C=N\NC(=O)c2cccc3ccccc23)c2ccccc21. The minimum Gasteiger partial charge on any atom is -0.465 e. The molecule has 6 nitrogen and oxygen atoms in total. The third kappa shape index (κ3) is 3.93. The number of hydrogen-bond donors (Lipinski definition) is 1. The molecule has 0 aliphatic rings. The molecule has 0 aliphatic carbocycles. The lowest BCUT2D eigenvalue weighted by Gasteiger charge is -2.04. The van der Waals surface area contributed by atoms with Crippen molar-refractivity contribution in [3.8, 4) is 0 Å². The summed E-state index contributed by atoms with van der Waals surface area (Å²) in [7, 11) is 0. The number of fused-ring (bicyclic) bond motifs is 2. The number of esters is 1. The number of nitrogens with one attached hydrogen (secondary N) is 1. The molecular weight excluding hydrogens is 378 g/mol. The average molecular weight is 399 g/mol. The molecule has 4 rings (SSSR count). The van der Waals surface area contributed by atoms with Crippen LogP contribution < -0.4 is 5.43 Å². The van der Waals surface area contributed by atoms with Gasteiger partial charge in [-0.1, -0.05) is 54.6 Å². The topological polar surface area (TPSA) is 72.7 Å². The Labute approximate surface area is 173 Å². The van der Waals surface area contributed by atoms with Gasteiger partial charge in [0, 0.05) is 28.2 Å². The molecule has 0 saturated carbocycles. The predicted molar refractivity (Wildman–Crippen MR) is 118 cm³/mol. The van der Waals surface area contributed by atoms with E-state index in [9.17, 15) is 9.59 Å². The lowest BCUT2D eigenvalue weighted by atomic mass is 10.0. The molecule has 1 aromatic heterocycles. The summed E-state index contributed by atoms with van der Waals surface area (Å²) in [6.07, 6.45) is 3.42. The highest BCUT2D eigenvalue weighted by atomic mass is 16.5. The maximum atomic E-state index is 12.6. The van der Waals surface area contributed by atoms with Crippen LogP contribution in [-0.2, 0) is 16.1 Å². The third-order valence-electron chi connectivity index (χ3n) is 4.83. The van der Waals surface area contributed by atoms with Gasteiger partial charge in [0.05, 0.1) is 12.8 Å². The van der Waals surface area contributed by atoms with Crippen molar-refractivity contribution >= 4 is 39.8 Å². The predicted octanol–water partition coefficient (Wildman–Crippen LogP) is 4.12. The maximum Gasteiger partial charge on any atom is 0.325 e. The van der Waals surface area contributed by atoms with Gasteiger partial charge in [-0.3, -0.25) is 9.59 Å². The Hall–Kier alpha value is -3.93. The highest BCUT2D eigenvalue weighted by Crippen LogP contribution is 2.21. The molecule has 0 atom stereocenters. The molecule has 0 bridgehead atoms. The Morgan fingerprint density at radius 1 is 1.00 bits per heavy atom. The zero-order valence-electron chi connectivity index (χ0n) is 16.5. The van der Waals surface area contributed by atoms with Gasteiger partial charge in [-0.05, 0) is 29.8 Å². The fourth-order valence-corrected chi connectivity index (χ4v) is 3.50. The fourth-order valence-electron chi connectivity index (χ4n) is 3.50. The summed E-state index contributed by atoms with van der Waals surface area (Å²) in [5.74, 6) is -0.579.